The number of anilines is 2. The maximum atomic E-state index is 13.1. The monoisotopic (exact) mass is 416 g/mol. The van der Waals surface area contributed by atoms with E-state index in [0.29, 0.717) is 35.5 Å². The summed E-state index contributed by atoms with van der Waals surface area (Å²) >= 11 is 0. The van der Waals surface area contributed by atoms with E-state index in [-0.39, 0.29) is 23.8 Å². The number of amides is 3. The van der Waals surface area contributed by atoms with E-state index >= 15 is 0 Å². The Morgan fingerprint density at radius 3 is 2.81 bits per heavy atom. The summed E-state index contributed by atoms with van der Waals surface area (Å²) < 4.78 is 2.13. The average molecular weight is 416 g/mol. The van der Waals surface area contributed by atoms with Crippen LogP contribution in [-0.4, -0.2) is 39.8 Å². The van der Waals surface area contributed by atoms with Gasteiger partial charge in [0.25, 0.3) is 11.8 Å². The summed E-state index contributed by atoms with van der Waals surface area (Å²) in [6.45, 7) is 4.77. The topological polar surface area (TPSA) is 83.4 Å². The van der Waals surface area contributed by atoms with Gasteiger partial charge < -0.3 is 20.1 Å². The molecule has 7 nitrogen and oxygen atoms in total. The highest BCUT2D eigenvalue weighted by molar-refractivity contribution is 6.14. The van der Waals surface area contributed by atoms with Gasteiger partial charge in [0.15, 0.2) is 0 Å². The Hall–Kier alpha value is -3.61. The highest BCUT2D eigenvalue weighted by atomic mass is 16.2. The van der Waals surface area contributed by atoms with E-state index < -0.39 is 6.04 Å². The number of nitrogens with zero attached hydrogens (tertiary/aromatic N) is 2. The van der Waals surface area contributed by atoms with E-state index in [0.717, 1.165) is 17.3 Å². The second-order valence-electron chi connectivity index (χ2n) is 8.42. The molecule has 3 heterocycles. The van der Waals surface area contributed by atoms with Crippen molar-refractivity contribution in [3.8, 4) is 0 Å². The molecule has 2 aromatic carbocycles. The van der Waals surface area contributed by atoms with E-state index in [1.54, 1.807) is 29.2 Å². The molecule has 0 spiro atoms. The fourth-order valence-electron chi connectivity index (χ4n) is 4.60. The minimum atomic E-state index is -0.416. The number of rotatable bonds is 3. The quantitative estimate of drug-likeness (QED) is 0.676. The van der Waals surface area contributed by atoms with Crippen molar-refractivity contribution < 1.29 is 14.4 Å². The van der Waals surface area contributed by atoms with Crippen LogP contribution in [0.5, 0.6) is 0 Å². The van der Waals surface area contributed by atoms with Crippen molar-refractivity contribution in [2.45, 2.75) is 38.8 Å². The van der Waals surface area contributed by atoms with Crippen molar-refractivity contribution in [1.29, 1.82) is 0 Å². The summed E-state index contributed by atoms with van der Waals surface area (Å²) in [5.74, 6) is -0.568. The van der Waals surface area contributed by atoms with Crippen molar-refractivity contribution in [3.05, 3.63) is 59.8 Å². The Balaban J connectivity index is 1.46. The van der Waals surface area contributed by atoms with Crippen molar-refractivity contribution >= 4 is 40.0 Å². The van der Waals surface area contributed by atoms with E-state index in [1.165, 1.54) is 0 Å². The van der Waals surface area contributed by atoms with Crippen LogP contribution in [0.15, 0.2) is 48.7 Å². The third-order valence-electron chi connectivity index (χ3n) is 6.15. The van der Waals surface area contributed by atoms with Crippen molar-refractivity contribution in [2.24, 2.45) is 0 Å². The summed E-state index contributed by atoms with van der Waals surface area (Å²) in [7, 11) is 0. The number of hydrogen-bond donors (Lipinski definition) is 2. The number of hydrogen-bond acceptors (Lipinski definition) is 3. The van der Waals surface area contributed by atoms with Gasteiger partial charge in [0.05, 0.1) is 11.3 Å². The normalized spacial score (nSPS) is 18.0. The van der Waals surface area contributed by atoms with Gasteiger partial charge in [0, 0.05) is 40.9 Å². The zero-order chi connectivity index (χ0) is 21.7. The van der Waals surface area contributed by atoms with Gasteiger partial charge in [-0.1, -0.05) is 6.07 Å². The Morgan fingerprint density at radius 2 is 2.00 bits per heavy atom. The van der Waals surface area contributed by atoms with Crippen LogP contribution in [0.4, 0.5) is 11.4 Å². The summed E-state index contributed by atoms with van der Waals surface area (Å²) in [4.78, 5) is 40.2. The van der Waals surface area contributed by atoms with Crippen LogP contribution in [0.1, 0.15) is 53.4 Å². The first-order valence-electron chi connectivity index (χ1n) is 10.6. The van der Waals surface area contributed by atoms with Gasteiger partial charge in [-0.25, -0.2) is 0 Å². The number of carbonyl (C=O) groups excluding carboxylic acids is 3. The summed E-state index contributed by atoms with van der Waals surface area (Å²) in [6, 6.07) is 12.5. The average Bonchev–Trinajstić information content (AvgIpc) is 3.39. The molecule has 1 atom stereocenters. The van der Waals surface area contributed by atoms with E-state index in [2.05, 4.69) is 29.0 Å². The number of nitrogens with one attached hydrogen (secondary N) is 2. The standard InChI is InChI=1S/C24H24N4O3/c1-14(2)27-12-10-16-17(5-3-6-20(16)27)22(29)25-15-8-9-19-18(13-15)24(31)28-11-4-7-21(28)23(30)26-19/h3,5-6,8-10,12-14,21H,4,7,11H2,1-2H3,(H,25,29)(H,26,30)/t21-/m0/s1. The summed E-state index contributed by atoms with van der Waals surface area (Å²) in [6.07, 6.45) is 3.48. The molecule has 1 aromatic heterocycles. The molecule has 31 heavy (non-hydrogen) atoms. The molecular formula is C24H24N4O3. The molecule has 0 unspecified atom stereocenters. The van der Waals surface area contributed by atoms with Crippen LogP contribution in [0.3, 0.4) is 0 Å². The molecule has 5 rings (SSSR count). The molecule has 2 N–H and O–H groups in total. The zero-order valence-corrected chi connectivity index (χ0v) is 17.5. The largest absolute Gasteiger partial charge is 0.345 e. The first kappa shape index (κ1) is 19.4. The van der Waals surface area contributed by atoms with Crippen LogP contribution in [0.2, 0.25) is 0 Å². The lowest BCUT2D eigenvalue weighted by atomic mass is 10.1. The molecule has 7 heteroatoms. The first-order valence-corrected chi connectivity index (χ1v) is 10.6. The van der Waals surface area contributed by atoms with Crippen molar-refractivity contribution in [1.82, 2.24) is 9.47 Å². The molecule has 1 fully saturated rings. The molecule has 0 saturated carbocycles. The predicted molar refractivity (Wildman–Crippen MR) is 119 cm³/mol. The smallest absolute Gasteiger partial charge is 0.256 e. The van der Waals surface area contributed by atoms with Crippen LogP contribution in [0.25, 0.3) is 10.9 Å². The minimum absolute atomic E-state index is 0.150. The molecule has 0 bridgehead atoms. The van der Waals surface area contributed by atoms with Gasteiger partial charge in [-0.05, 0) is 63.1 Å². The Kier molecular flexibility index (Phi) is 4.54. The fraction of sp³-hybridized carbons (Fsp3) is 0.292. The SMILES string of the molecule is CC(C)n1ccc2c(C(=O)Nc3ccc4c(c3)C(=O)N3CCC[C@H]3C(=O)N4)cccc21. The third-order valence-corrected chi connectivity index (χ3v) is 6.15. The molecule has 0 radical (unpaired) electrons. The van der Waals surface area contributed by atoms with Gasteiger partial charge in [-0.15, -0.1) is 0 Å². The van der Waals surface area contributed by atoms with Gasteiger partial charge in [0.2, 0.25) is 5.91 Å². The molecule has 2 aliphatic rings. The van der Waals surface area contributed by atoms with E-state index in [9.17, 15) is 14.4 Å². The molecular weight excluding hydrogens is 392 g/mol. The van der Waals surface area contributed by atoms with E-state index in [4.69, 9.17) is 0 Å². The van der Waals surface area contributed by atoms with Gasteiger partial charge >= 0.3 is 0 Å². The first-order chi connectivity index (χ1) is 14.9. The lowest BCUT2D eigenvalue weighted by Gasteiger charge is -2.20. The number of fused-ring (bicyclic) bond motifs is 3. The molecule has 1 saturated heterocycles. The Morgan fingerprint density at radius 1 is 1.16 bits per heavy atom. The van der Waals surface area contributed by atoms with Gasteiger partial charge in [-0.3, -0.25) is 14.4 Å². The van der Waals surface area contributed by atoms with Gasteiger partial charge in [-0.2, -0.15) is 0 Å². The van der Waals surface area contributed by atoms with Crippen LogP contribution in [0, 0.1) is 0 Å². The number of carbonyl (C=O) groups is 3. The Bertz CT molecular complexity index is 1230. The van der Waals surface area contributed by atoms with Crippen LogP contribution < -0.4 is 10.6 Å². The fourth-order valence-corrected chi connectivity index (χ4v) is 4.60. The van der Waals surface area contributed by atoms with Crippen LogP contribution in [-0.2, 0) is 4.79 Å². The number of aromatic nitrogens is 1. The van der Waals surface area contributed by atoms with E-state index in [1.807, 2.05) is 24.4 Å². The molecule has 3 amide bonds. The van der Waals surface area contributed by atoms with Crippen molar-refractivity contribution in [3.63, 3.8) is 0 Å². The lowest BCUT2D eigenvalue weighted by Crippen LogP contribution is -2.40. The van der Waals surface area contributed by atoms with Crippen molar-refractivity contribution in [2.75, 3.05) is 17.2 Å². The van der Waals surface area contributed by atoms with Gasteiger partial charge in [0.1, 0.15) is 6.04 Å². The minimum Gasteiger partial charge on any atom is -0.345 e. The molecule has 2 aliphatic heterocycles. The molecule has 3 aromatic rings. The lowest BCUT2D eigenvalue weighted by molar-refractivity contribution is -0.119. The molecule has 0 aliphatic carbocycles. The zero-order valence-electron chi connectivity index (χ0n) is 17.5. The maximum Gasteiger partial charge on any atom is 0.256 e. The predicted octanol–water partition coefficient (Wildman–Crippen LogP) is 4.03. The summed E-state index contributed by atoms with van der Waals surface area (Å²) in [5.41, 5.74) is 2.98. The van der Waals surface area contributed by atoms with Crippen LogP contribution >= 0.6 is 0 Å². The number of benzene rings is 2. The Labute approximate surface area is 180 Å². The molecule has 158 valence electrons. The third kappa shape index (κ3) is 3.17. The summed E-state index contributed by atoms with van der Waals surface area (Å²) in [5, 5.41) is 6.66. The highest BCUT2D eigenvalue weighted by Gasteiger charge is 2.38. The second-order valence-corrected chi connectivity index (χ2v) is 8.42. The second kappa shape index (κ2) is 7.27. The maximum absolute atomic E-state index is 13.1. The highest BCUT2D eigenvalue weighted by Crippen LogP contribution is 2.31.